The first-order chi connectivity index (χ1) is 7.83. The fourth-order valence-corrected chi connectivity index (χ4v) is 2.97. The number of hydroxylamine groups is 2. The maximum Gasteiger partial charge on any atom is 0.0300 e. The van der Waals surface area contributed by atoms with Crippen LogP contribution in [0, 0.1) is 5.21 Å². The standard InChI is InChI=1S/C13H24N3O/c1-12(2)9-11(10-13(3,4)16(12)17)15-7-5-14-6-8-15/h9,14H,5-8,10H2,1-4H3/q-1. The van der Waals surface area contributed by atoms with Crippen LogP contribution in [0.15, 0.2) is 11.8 Å². The molecule has 0 spiro atoms. The number of nitrogens with one attached hydrogen (secondary N) is 1. The van der Waals surface area contributed by atoms with Crippen molar-refractivity contribution in [2.45, 2.75) is 45.2 Å². The molecule has 0 unspecified atom stereocenters. The fraction of sp³-hybridized carbons (Fsp3) is 0.846. The molecule has 2 aliphatic rings. The lowest BCUT2D eigenvalue weighted by molar-refractivity contribution is 0.0728. The van der Waals surface area contributed by atoms with Gasteiger partial charge in [0.05, 0.1) is 0 Å². The molecule has 4 heteroatoms. The zero-order chi connectivity index (χ0) is 12.7. The molecule has 1 saturated heterocycles. The smallest absolute Gasteiger partial charge is 0.0300 e. The Morgan fingerprint density at radius 3 is 2.29 bits per heavy atom. The van der Waals surface area contributed by atoms with Gasteiger partial charge in [-0.1, -0.05) is 0 Å². The molecule has 0 radical (unpaired) electrons. The second kappa shape index (κ2) is 4.26. The molecule has 0 atom stereocenters. The predicted octanol–water partition coefficient (Wildman–Crippen LogP) is 1.54. The number of piperazine rings is 1. The molecule has 17 heavy (non-hydrogen) atoms. The van der Waals surface area contributed by atoms with Crippen LogP contribution in [0.25, 0.3) is 0 Å². The van der Waals surface area contributed by atoms with Crippen molar-refractivity contribution in [3.05, 3.63) is 17.0 Å². The van der Waals surface area contributed by atoms with Crippen LogP contribution in [0.2, 0.25) is 0 Å². The normalized spacial score (nSPS) is 29.0. The molecule has 2 heterocycles. The van der Waals surface area contributed by atoms with Crippen molar-refractivity contribution in [1.29, 1.82) is 0 Å². The second-order valence-electron chi connectivity index (χ2n) is 6.31. The van der Waals surface area contributed by atoms with Crippen LogP contribution in [-0.4, -0.2) is 47.2 Å². The van der Waals surface area contributed by atoms with E-state index in [4.69, 9.17) is 0 Å². The molecule has 2 aliphatic heterocycles. The maximum atomic E-state index is 12.2. The molecule has 0 aromatic heterocycles. The monoisotopic (exact) mass is 238 g/mol. The SMILES string of the molecule is CC1(C)C=C(N2CCNCC2)CC(C)(C)N1[O-]. The first-order valence-electron chi connectivity index (χ1n) is 6.48. The Morgan fingerprint density at radius 1 is 1.18 bits per heavy atom. The Hall–Kier alpha value is -0.580. The Labute approximate surface area is 104 Å². The quantitative estimate of drug-likeness (QED) is 0.752. The van der Waals surface area contributed by atoms with Crippen molar-refractivity contribution < 1.29 is 0 Å². The van der Waals surface area contributed by atoms with E-state index in [9.17, 15) is 5.21 Å². The summed E-state index contributed by atoms with van der Waals surface area (Å²) in [4.78, 5) is 2.42. The Balaban J connectivity index is 2.22. The number of hydrogen-bond donors (Lipinski definition) is 1. The van der Waals surface area contributed by atoms with Crippen molar-refractivity contribution in [3.63, 3.8) is 0 Å². The average molecular weight is 238 g/mol. The first kappa shape index (κ1) is 12.9. The largest absolute Gasteiger partial charge is 0.784 e. The van der Waals surface area contributed by atoms with E-state index in [2.05, 4.69) is 16.3 Å². The number of hydrogen-bond acceptors (Lipinski definition) is 4. The third-order valence-electron chi connectivity index (χ3n) is 3.73. The van der Waals surface area contributed by atoms with Gasteiger partial charge in [0.1, 0.15) is 0 Å². The Kier molecular flexibility index (Phi) is 3.23. The summed E-state index contributed by atoms with van der Waals surface area (Å²) in [5.41, 5.74) is 0.633. The van der Waals surface area contributed by atoms with E-state index in [1.54, 1.807) is 0 Å². The van der Waals surface area contributed by atoms with Crippen LogP contribution >= 0.6 is 0 Å². The average Bonchev–Trinajstić information content (AvgIpc) is 2.26. The molecular formula is C13H24N3O-. The summed E-state index contributed by atoms with van der Waals surface area (Å²) in [5.74, 6) is 0. The summed E-state index contributed by atoms with van der Waals surface area (Å²) in [6.45, 7) is 12.3. The molecule has 0 aromatic rings. The van der Waals surface area contributed by atoms with Crippen LogP contribution in [-0.2, 0) is 0 Å². The molecule has 0 amide bonds. The van der Waals surface area contributed by atoms with Crippen LogP contribution in [0.1, 0.15) is 34.1 Å². The highest BCUT2D eigenvalue weighted by atomic mass is 16.5. The van der Waals surface area contributed by atoms with Gasteiger partial charge in [-0.2, -0.15) is 0 Å². The molecular weight excluding hydrogens is 214 g/mol. The third kappa shape index (κ3) is 2.49. The lowest BCUT2D eigenvalue weighted by Gasteiger charge is -2.57. The van der Waals surface area contributed by atoms with Gasteiger partial charge in [-0.15, -0.1) is 0 Å². The number of rotatable bonds is 1. The van der Waals surface area contributed by atoms with E-state index in [1.165, 1.54) is 10.8 Å². The molecule has 0 aromatic carbocycles. The molecule has 98 valence electrons. The molecule has 0 saturated carbocycles. The topological polar surface area (TPSA) is 41.6 Å². The Morgan fingerprint density at radius 2 is 1.76 bits per heavy atom. The zero-order valence-electron chi connectivity index (χ0n) is 11.4. The van der Waals surface area contributed by atoms with E-state index < -0.39 is 5.54 Å². The lowest BCUT2D eigenvalue weighted by Crippen LogP contribution is -2.56. The van der Waals surface area contributed by atoms with Gasteiger partial charge in [0.25, 0.3) is 0 Å². The van der Waals surface area contributed by atoms with Crippen molar-refractivity contribution in [2.75, 3.05) is 26.2 Å². The molecule has 0 aliphatic carbocycles. The van der Waals surface area contributed by atoms with E-state index in [0.29, 0.717) is 0 Å². The summed E-state index contributed by atoms with van der Waals surface area (Å²) in [5, 5.41) is 16.8. The van der Waals surface area contributed by atoms with Crippen LogP contribution < -0.4 is 5.32 Å². The van der Waals surface area contributed by atoms with Gasteiger partial charge in [-0.3, -0.25) is 0 Å². The van der Waals surface area contributed by atoms with Crippen LogP contribution in [0.3, 0.4) is 0 Å². The third-order valence-corrected chi connectivity index (χ3v) is 3.73. The van der Waals surface area contributed by atoms with E-state index >= 15 is 0 Å². The molecule has 1 N–H and O–H groups in total. The predicted molar refractivity (Wildman–Crippen MR) is 70.5 cm³/mol. The highest BCUT2D eigenvalue weighted by Gasteiger charge is 2.36. The van der Waals surface area contributed by atoms with Crippen molar-refractivity contribution in [1.82, 2.24) is 15.3 Å². The minimum atomic E-state index is -0.401. The molecule has 0 bridgehead atoms. The highest BCUT2D eigenvalue weighted by molar-refractivity contribution is 5.21. The minimum absolute atomic E-state index is 0.307. The number of nitrogens with zero attached hydrogens (tertiary/aromatic N) is 2. The van der Waals surface area contributed by atoms with Gasteiger partial charge < -0.3 is 20.5 Å². The Bertz CT molecular complexity index is 317. The molecule has 1 fully saturated rings. The van der Waals surface area contributed by atoms with Crippen LogP contribution in [0.4, 0.5) is 0 Å². The minimum Gasteiger partial charge on any atom is -0.784 e. The van der Waals surface area contributed by atoms with Gasteiger partial charge in [0.15, 0.2) is 0 Å². The summed E-state index contributed by atoms with van der Waals surface area (Å²) in [7, 11) is 0. The van der Waals surface area contributed by atoms with Gasteiger partial charge in [0.2, 0.25) is 0 Å². The van der Waals surface area contributed by atoms with Crippen LogP contribution in [0.5, 0.6) is 0 Å². The summed E-state index contributed by atoms with van der Waals surface area (Å²) in [6, 6.07) is 0. The van der Waals surface area contributed by atoms with Gasteiger partial charge in [-0.25, -0.2) is 0 Å². The second-order valence-corrected chi connectivity index (χ2v) is 6.31. The molecule has 4 nitrogen and oxygen atoms in total. The van der Waals surface area contributed by atoms with Crippen molar-refractivity contribution >= 4 is 0 Å². The zero-order valence-corrected chi connectivity index (χ0v) is 11.4. The van der Waals surface area contributed by atoms with Crippen molar-refractivity contribution in [2.24, 2.45) is 0 Å². The molecule has 2 rings (SSSR count). The van der Waals surface area contributed by atoms with E-state index in [-0.39, 0.29) is 5.54 Å². The van der Waals surface area contributed by atoms with Gasteiger partial charge >= 0.3 is 0 Å². The summed E-state index contributed by atoms with van der Waals surface area (Å²) < 4.78 is 0. The van der Waals surface area contributed by atoms with E-state index in [0.717, 1.165) is 32.6 Å². The first-order valence-corrected chi connectivity index (χ1v) is 6.48. The van der Waals surface area contributed by atoms with E-state index in [1.807, 2.05) is 27.7 Å². The summed E-state index contributed by atoms with van der Waals surface area (Å²) in [6.07, 6.45) is 3.00. The summed E-state index contributed by atoms with van der Waals surface area (Å²) >= 11 is 0. The van der Waals surface area contributed by atoms with Gasteiger partial charge in [0, 0.05) is 49.4 Å². The highest BCUT2D eigenvalue weighted by Crippen LogP contribution is 2.37. The lowest BCUT2D eigenvalue weighted by atomic mass is 9.85. The van der Waals surface area contributed by atoms with Crippen molar-refractivity contribution in [3.8, 4) is 0 Å². The van der Waals surface area contributed by atoms with Gasteiger partial charge in [-0.05, 0) is 33.8 Å². The fourth-order valence-electron chi connectivity index (χ4n) is 2.97. The maximum absolute atomic E-state index is 12.2.